The van der Waals surface area contributed by atoms with Crippen LogP contribution in [0.2, 0.25) is 0 Å². The number of aliphatic hydroxyl groups is 4. The Morgan fingerprint density at radius 2 is 1.50 bits per heavy atom. The highest BCUT2D eigenvalue weighted by molar-refractivity contribution is 5.83. The van der Waals surface area contributed by atoms with Gasteiger partial charge in [-0.2, -0.15) is 0 Å². The van der Waals surface area contributed by atoms with Crippen LogP contribution in [-0.2, 0) is 38.0 Å². The van der Waals surface area contributed by atoms with Gasteiger partial charge < -0.3 is 53.7 Å². The van der Waals surface area contributed by atoms with Crippen LogP contribution in [0, 0.1) is 23.7 Å². The van der Waals surface area contributed by atoms with Gasteiger partial charge in [0, 0.05) is 43.7 Å². The highest BCUT2D eigenvalue weighted by atomic mass is 16.7. The summed E-state index contributed by atoms with van der Waals surface area (Å²) >= 11 is 0. The Bertz CT molecular complexity index is 1130. The number of methoxy groups -OCH3 is 1. The second-order valence-corrected chi connectivity index (χ2v) is 16.5. The van der Waals surface area contributed by atoms with E-state index >= 15 is 0 Å². The third-order valence-corrected chi connectivity index (χ3v) is 11.5. The molecule has 292 valence electrons. The molecule has 3 aliphatic rings. The Morgan fingerprint density at radius 1 is 0.880 bits per heavy atom. The number of ether oxygens (including phenoxy) is 6. The molecule has 0 aromatic heterocycles. The van der Waals surface area contributed by atoms with Gasteiger partial charge in [-0.05, 0) is 74.9 Å². The number of hydrogen-bond acceptors (Lipinski definition) is 13. The molecule has 0 aromatic rings. The summed E-state index contributed by atoms with van der Waals surface area (Å²) in [4.78, 5) is 29.8. The van der Waals surface area contributed by atoms with Crippen LogP contribution in [0.15, 0.2) is 0 Å². The van der Waals surface area contributed by atoms with Crippen LogP contribution < -0.4 is 0 Å². The number of likely N-dealkylation sites (N-methyl/N-ethyl adjacent to an activating group) is 1. The summed E-state index contributed by atoms with van der Waals surface area (Å²) in [5.74, 6) is -4.71. The maximum atomic E-state index is 14.1. The minimum absolute atomic E-state index is 0.100. The highest BCUT2D eigenvalue weighted by Gasteiger charge is 2.52. The van der Waals surface area contributed by atoms with Gasteiger partial charge in [-0.25, -0.2) is 0 Å². The number of ketones is 1. The molecule has 3 heterocycles. The molecule has 0 bridgehead atoms. The van der Waals surface area contributed by atoms with Crippen molar-refractivity contribution in [3.8, 4) is 0 Å². The van der Waals surface area contributed by atoms with Crippen molar-refractivity contribution >= 4 is 11.8 Å². The molecule has 4 N–H and O–H groups in total. The maximum Gasteiger partial charge on any atom is 0.311 e. The molecular weight excluding hydrogens is 650 g/mol. The van der Waals surface area contributed by atoms with Crippen LogP contribution >= 0.6 is 0 Å². The minimum atomic E-state index is -1.96. The van der Waals surface area contributed by atoms with Crippen molar-refractivity contribution in [2.75, 3.05) is 21.2 Å². The second kappa shape index (κ2) is 16.8. The fourth-order valence-electron chi connectivity index (χ4n) is 8.46. The zero-order chi connectivity index (χ0) is 38.1. The monoisotopic (exact) mass is 717 g/mol. The smallest absolute Gasteiger partial charge is 0.311 e. The zero-order valence-corrected chi connectivity index (χ0v) is 32.6. The van der Waals surface area contributed by atoms with E-state index in [2.05, 4.69) is 0 Å². The number of carbonyl (C=O) groups excluding carboxylic acids is 2. The van der Waals surface area contributed by atoms with Gasteiger partial charge in [-0.1, -0.05) is 27.7 Å². The van der Waals surface area contributed by atoms with E-state index in [-0.39, 0.29) is 36.9 Å². The molecule has 3 fully saturated rings. The Hall–Kier alpha value is -1.26. The summed E-state index contributed by atoms with van der Waals surface area (Å²) in [7, 11) is 5.36. The highest BCUT2D eigenvalue weighted by Crippen LogP contribution is 2.40. The lowest BCUT2D eigenvalue weighted by molar-refractivity contribution is -0.310. The predicted molar refractivity (Wildman–Crippen MR) is 185 cm³/mol. The van der Waals surface area contributed by atoms with Gasteiger partial charge in [0.15, 0.2) is 12.6 Å². The van der Waals surface area contributed by atoms with Crippen molar-refractivity contribution in [2.45, 2.75) is 179 Å². The lowest BCUT2D eigenvalue weighted by Gasteiger charge is -2.48. The number of cyclic esters (lactones) is 1. The van der Waals surface area contributed by atoms with E-state index in [1.165, 1.54) is 13.8 Å². The Labute approximate surface area is 299 Å². The molecule has 0 unspecified atom stereocenters. The average molecular weight is 718 g/mol. The average Bonchev–Trinajstić information content (AvgIpc) is 3.02. The molecular formula is C37H67NO12. The molecule has 0 saturated carbocycles. The number of aliphatic hydroxyl groups excluding tert-OH is 2. The van der Waals surface area contributed by atoms with Crippen molar-refractivity contribution in [3.05, 3.63) is 0 Å². The Balaban J connectivity index is 2.17. The minimum Gasteiger partial charge on any atom is -0.459 e. The first-order chi connectivity index (χ1) is 23.0. The molecule has 0 aromatic carbocycles. The van der Waals surface area contributed by atoms with E-state index in [1.807, 2.05) is 39.8 Å². The summed E-state index contributed by atoms with van der Waals surface area (Å²) in [5.41, 5.74) is -4.28. The summed E-state index contributed by atoms with van der Waals surface area (Å²) in [6.07, 6.45) is -6.80. The SMILES string of the molecule is CC[C@H]1OC(=O)[C@H](C)[C@@H](O[C@H]2C[C@@](C)(OC)C[C@H](C)O2)[C@H](C)[C@@H](O[C@@H]2O[C@H](C)C[C@H](N(C)C)[C@H]2O)[C@](C)(O)C[C@@H](C)C(=O)[C@H](C)[C@@H](O)[C@]1(C)O. The molecule has 0 amide bonds. The quantitative estimate of drug-likeness (QED) is 0.284. The van der Waals surface area contributed by atoms with E-state index in [1.54, 1.807) is 41.7 Å². The van der Waals surface area contributed by atoms with Gasteiger partial charge in [0.25, 0.3) is 0 Å². The molecule has 3 rings (SSSR count). The van der Waals surface area contributed by atoms with E-state index in [0.29, 0.717) is 19.3 Å². The lowest BCUT2D eigenvalue weighted by atomic mass is 9.74. The third kappa shape index (κ3) is 9.64. The van der Waals surface area contributed by atoms with Crippen molar-refractivity contribution in [3.63, 3.8) is 0 Å². The molecule has 0 radical (unpaired) electrons. The predicted octanol–water partition coefficient (Wildman–Crippen LogP) is 2.81. The topological polar surface area (TPSA) is 174 Å². The molecule has 3 saturated heterocycles. The van der Waals surface area contributed by atoms with Crippen LogP contribution in [0.5, 0.6) is 0 Å². The Kier molecular flexibility index (Phi) is 14.5. The largest absolute Gasteiger partial charge is 0.459 e. The fourth-order valence-corrected chi connectivity index (χ4v) is 8.46. The van der Waals surface area contributed by atoms with E-state index in [4.69, 9.17) is 28.4 Å². The number of carbonyl (C=O) groups is 2. The summed E-state index contributed by atoms with van der Waals surface area (Å²) in [5, 5.41) is 46.7. The first kappa shape index (κ1) is 43.1. The molecule has 13 nitrogen and oxygen atoms in total. The van der Waals surface area contributed by atoms with Crippen LogP contribution in [0.4, 0.5) is 0 Å². The number of nitrogens with zero attached hydrogens (tertiary/aromatic N) is 1. The Morgan fingerprint density at radius 3 is 2.06 bits per heavy atom. The molecule has 17 atom stereocenters. The van der Waals surface area contributed by atoms with Crippen LogP contribution in [0.1, 0.15) is 101 Å². The van der Waals surface area contributed by atoms with Crippen LogP contribution in [0.3, 0.4) is 0 Å². The van der Waals surface area contributed by atoms with E-state index in [9.17, 15) is 30.0 Å². The number of hydrogen-bond donors (Lipinski definition) is 4. The van der Waals surface area contributed by atoms with Crippen molar-refractivity contribution < 1.29 is 58.4 Å². The molecule has 13 heteroatoms. The number of Topliss-reactive ketones (excluding diaryl/α,β-unsaturated/α-hetero) is 1. The second-order valence-electron chi connectivity index (χ2n) is 16.5. The van der Waals surface area contributed by atoms with Crippen LogP contribution in [0.25, 0.3) is 0 Å². The number of esters is 1. The van der Waals surface area contributed by atoms with Crippen molar-refractivity contribution in [1.82, 2.24) is 4.90 Å². The zero-order valence-electron chi connectivity index (χ0n) is 32.6. The lowest BCUT2D eigenvalue weighted by Crippen LogP contribution is -2.60. The first-order valence-corrected chi connectivity index (χ1v) is 18.4. The van der Waals surface area contributed by atoms with Crippen LogP contribution in [-0.4, -0.2) is 136 Å². The van der Waals surface area contributed by atoms with Gasteiger partial charge in [0.2, 0.25) is 0 Å². The summed E-state index contributed by atoms with van der Waals surface area (Å²) < 4.78 is 37.5. The van der Waals surface area contributed by atoms with Gasteiger partial charge in [-0.3, -0.25) is 9.59 Å². The van der Waals surface area contributed by atoms with E-state index < -0.39 is 89.5 Å². The van der Waals surface area contributed by atoms with Crippen molar-refractivity contribution in [1.29, 1.82) is 0 Å². The third-order valence-electron chi connectivity index (χ3n) is 11.5. The van der Waals surface area contributed by atoms with E-state index in [0.717, 1.165) is 0 Å². The normalized spacial score (nSPS) is 49.0. The molecule has 0 aliphatic carbocycles. The fraction of sp³-hybridized carbons (Fsp3) is 0.946. The maximum absolute atomic E-state index is 14.1. The van der Waals surface area contributed by atoms with Gasteiger partial charge in [0.05, 0.1) is 47.6 Å². The number of rotatable bonds is 7. The van der Waals surface area contributed by atoms with Gasteiger partial charge in [0.1, 0.15) is 23.6 Å². The molecule has 50 heavy (non-hydrogen) atoms. The van der Waals surface area contributed by atoms with Gasteiger partial charge in [-0.15, -0.1) is 0 Å². The standard InChI is InChI=1S/C37H67NO12/c1-14-26-37(10,44)31(41)22(5)28(39)19(2)16-36(9,43)32(50-34-29(40)25(38(11)12)15-20(3)47-34)23(6)30(24(7)33(42)48-26)49-27-18-35(8,45-13)17-21(4)46-27/h19-27,29-32,34,40-41,43-44H,14-18H2,1-13H3/t19-,20-,21+,22+,23+,24-,25+,26-,27+,29-,30+,31-,32-,34+,35+,36-,37-/m1/s1. The first-order valence-electron chi connectivity index (χ1n) is 18.4. The van der Waals surface area contributed by atoms with Crippen molar-refractivity contribution in [2.24, 2.45) is 23.7 Å². The summed E-state index contributed by atoms with van der Waals surface area (Å²) in [6.45, 7) is 17.0. The summed E-state index contributed by atoms with van der Waals surface area (Å²) in [6, 6.07) is -0.297. The molecule has 3 aliphatic heterocycles. The molecule has 0 spiro atoms. The van der Waals surface area contributed by atoms with Gasteiger partial charge >= 0.3 is 5.97 Å².